The standard InChI is InChI=1S/C15H15ClN2O2S/c16-12-4-6-13(7-5-12)21-10-8-17-14(19)11-18-9-2-1-3-15(18)20/h1-7,9H,8,10-11H2,(H,17,19). The van der Waals surface area contributed by atoms with Crippen LogP contribution in [0.25, 0.3) is 0 Å². The molecular weight excluding hydrogens is 308 g/mol. The number of carbonyl (C=O) groups is 1. The molecule has 4 nitrogen and oxygen atoms in total. The third-order valence-electron chi connectivity index (χ3n) is 2.72. The predicted octanol–water partition coefficient (Wildman–Crippen LogP) is 2.41. The van der Waals surface area contributed by atoms with Gasteiger partial charge in [0.25, 0.3) is 5.56 Å². The summed E-state index contributed by atoms with van der Waals surface area (Å²) in [5.41, 5.74) is -0.178. The zero-order valence-electron chi connectivity index (χ0n) is 11.3. The van der Waals surface area contributed by atoms with Gasteiger partial charge < -0.3 is 9.88 Å². The van der Waals surface area contributed by atoms with Crippen LogP contribution in [0.3, 0.4) is 0 Å². The molecule has 0 saturated heterocycles. The summed E-state index contributed by atoms with van der Waals surface area (Å²) in [4.78, 5) is 24.3. The topological polar surface area (TPSA) is 51.1 Å². The monoisotopic (exact) mass is 322 g/mol. The molecule has 2 rings (SSSR count). The Morgan fingerprint density at radius 1 is 1.19 bits per heavy atom. The molecule has 0 unspecified atom stereocenters. The highest BCUT2D eigenvalue weighted by molar-refractivity contribution is 7.99. The van der Waals surface area contributed by atoms with Gasteiger partial charge in [-0.15, -0.1) is 11.8 Å². The molecule has 0 aliphatic rings. The van der Waals surface area contributed by atoms with E-state index in [0.717, 1.165) is 10.6 Å². The SMILES string of the molecule is O=C(Cn1ccccc1=O)NCCSc1ccc(Cl)cc1. The van der Waals surface area contributed by atoms with E-state index in [9.17, 15) is 9.59 Å². The van der Waals surface area contributed by atoms with Gasteiger partial charge in [-0.2, -0.15) is 0 Å². The van der Waals surface area contributed by atoms with Crippen LogP contribution in [0.4, 0.5) is 0 Å². The van der Waals surface area contributed by atoms with Gasteiger partial charge in [0.2, 0.25) is 5.91 Å². The lowest BCUT2D eigenvalue weighted by molar-refractivity contribution is -0.121. The average molecular weight is 323 g/mol. The quantitative estimate of drug-likeness (QED) is 0.656. The molecule has 1 aromatic carbocycles. The number of rotatable bonds is 6. The van der Waals surface area contributed by atoms with Crippen molar-refractivity contribution in [3.05, 3.63) is 64.0 Å². The molecule has 1 N–H and O–H groups in total. The third kappa shape index (κ3) is 5.28. The number of carbonyl (C=O) groups excluding carboxylic acids is 1. The third-order valence-corrected chi connectivity index (χ3v) is 3.99. The van der Waals surface area contributed by atoms with Crippen LogP contribution in [0, 0.1) is 0 Å². The van der Waals surface area contributed by atoms with Crippen LogP contribution < -0.4 is 10.9 Å². The molecule has 0 aliphatic heterocycles. The minimum atomic E-state index is -0.178. The zero-order chi connectivity index (χ0) is 15.1. The lowest BCUT2D eigenvalue weighted by Gasteiger charge is -2.07. The maximum atomic E-state index is 11.7. The highest BCUT2D eigenvalue weighted by Crippen LogP contribution is 2.19. The summed E-state index contributed by atoms with van der Waals surface area (Å²) in [6.45, 7) is 0.596. The van der Waals surface area contributed by atoms with Crippen molar-refractivity contribution in [3.63, 3.8) is 0 Å². The Kier molecular flexibility index (Phi) is 5.90. The number of amides is 1. The normalized spacial score (nSPS) is 10.3. The molecule has 0 atom stereocenters. The Morgan fingerprint density at radius 2 is 1.95 bits per heavy atom. The van der Waals surface area contributed by atoms with Crippen molar-refractivity contribution < 1.29 is 4.79 Å². The second kappa shape index (κ2) is 7.90. The average Bonchev–Trinajstić information content (AvgIpc) is 2.48. The minimum absolute atomic E-state index is 0.0469. The summed E-state index contributed by atoms with van der Waals surface area (Å²) in [5, 5.41) is 3.50. The molecule has 110 valence electrons. The molecule has 1 amide bonds. The molecule has 0 radical (unpaired) electrons. The number of benzene rings is 1. The maximum Gasteiger partial charge on any atom is 0.250 e. The van der Waals surface area contributed by atoms with Gasteiger partial charge in [-0.05, 0) is 30.3 Å². The zero-order valence-corrected chi connectivity index (χ0v) is 12.9. The van der Waals surface area contributed by atoms with Crippen molar-refractivity contribution >= 4 is 29.3 Å². The van der Waals surface area contributed by atoms with E-state index in [-0.39, 0.29) is 18.0 Å². The fourth-order valence-electron chi connectivity index (χ4n) is 1.69. The minimum Gasteiger partial charge on any atom is -0.354 e. The smallest absolute Gasteiger partial charge is 0.250 e. The summed E-state index contributed by atoms with van der Waals surface area (Å²) in [5.74, 6) is 0.594. The van der Waals surface area contributed by atoms with Crippen LogP contribution in [0.2, 0.25) is 5.02 Å². The number of nitrogens with zero attached hydrogens (tertiary/aromatic N) is 1. The lowest BCUT2D eigenvalue weighted by Crippen LogP contribution is -2.32. The first-order valence-electron chi connectivity index (χ1n) is 6.46. The Hall–Kier alpha value is -1.72. The molecule has 0 spiro atoms. The van der Waals surface area contributed by atoms with E-state index < -0.39 is 0 Å². The summed E-state index contributed by atoms with van der Waals surface area (Å²) < 4.78 is 1.38. The van der Waals surface area contributed by atoms with Gasteiger partial charge in [0.1, 0.15) is 6.54 Å². The van der Waals surface area contributed by atoms with Crippen molar-refractivity contribution in [3.8, 4) is 0 Å². The molecule has 0 bridgehead atoms. The van der Waals surface area contributed by atoms with Crippen LogP contribution in [-0.2, 0) is 11.3 Å². The van der Waals surface area contributed by atoms with Crippen molar-refractivity contribution in [1.82, 2.24) is 9.88 Å². The van der Waals surface area contributed by atoms with E-state index in [2.05, 4.69) is 5.32 Å². The molecule has 6 heteroatoms. The number of hydrogen-bond donors (Lipinski definition) is 1. The van der Waals surface area contributed by atoms with Crippen molar-refractivity contribution in [1.29, 1.82) is 0 Å². The summed E-state index contributed by atoms with van der Waals surface area (Å²) in [6, 6.07) is 12.4. The Balaban J connectivity index is 1.71. The van der Waals surface area contributed by atoms with Crippen molar-refractivity contribution in [2.24, 2.45) is 0 Å². The van der Waals surface area contributed by atoms with Crippen LogP contribution in [0.1, 0.15) is 0 Å². The van der Waals surface area contributed by atoms with Crippen LogP contribution in [0.5, 0.6) is 0 Å². The van der Waals surface area contributed by atoms with Crippen LogP contribution >= 0.6 is 23.4 Å². The maximum absolute atomic E-state index is 11.7. The van der Waals surface area contributed by atoms with Gasteiger partial charge in [-0.3, -0.25) is 9.59 Å². The highest BCUT2D eigenvalue weighted by Gasteiger charge is 2.03. The Morgan fingerprint density at radius 3 is 2.67 bits per heavy atom. The molecular formula is C15H15ClN2O2S. The van der Waals surface area contributed by atoms with Crippen molar-refractivity contribution in [2.45, 2.75) is 11.4 Å². The van der Waals surface area contributed by atoms with E-state index in [4.69, 9.17) is 11.6 Å². The lowest BCUT2D eigenvalue weighted by atomic mass is 10.4. The molecule has 2 aromatic rings. The fourth-order valence-corrected chi connectivity index (χ4v) is 2.59. The van der Waals surface area contributed by atoms with Crippen molar-refractivity contribution in [2.75, 3.05) is 12.3 Å². The first-order chi connectivity index (χ1) is 10.1. The first kappa shape index (κ1) is 15.7. The summed E-state index contributed by atoms with van der Waals surface area (Å²) in [7, 11) is 0. The number of aromatic nitrogens is 1. The number of halogens is 1. The largest absolute Gasteiger partial charge is 0.354 e. The summed E-state index contributed by atoms with van der Waals surface area (Å²) >= 11 is 7.45. The van der Waals surface area contributed by atoms with Crippen LogP contribution in [-0.4, -0.2) is 22.8 Å². The molecule has 1 heterocycles. The molecule has 0 saturated carbocycles. The first-order valence-corrected chi connectivity index (χ1v) is 7.82. The van der Waals surface area contributed by atoms with Gasteiger partial charge in [0, 0.05) is 34.5 Å². The number of hydrogen-bond acceptors (Lipinski definition) is 3. The fraction of sp³-hybridized carbons (Fsp3) is 0.200. The summed E-state index contributed by atoms with van der Waals surface area (Å²) in [6.07, 6.45) is 1.60. The van der Waals surface area contributed by atoms with Gasteiger partial charge in [0.05, 0.1) is 0 Å². The Labute approximate surface area is 132 Å². The number of pyridine rings is 1. The highest BCUT2D eigenvalue weighted by atomic mass is 35.5. The second-order valence-electron chi connectivity index (χ2n) is 4.32. The predicted molar refractivity (Wildman–Crippen MR) is 85.9 cm³/mol. The van der Waals surface area contributed by atoms with E-state index in [0.29, 0.717) is 11.6 Å². The van der Waals surface area contributed by atoms with Gasteiger partial charge >= 0.3 is 0 Å². The van der Waals surface area contributed by atoms with E-state index in [1.807, 2.05) is 24.3 Å². The van der Waals surface area contributed by atoms with Gasteiger partial charge in [0.15, 0.2) is 0 Å². The number of nitrogens with one attached hydrogen (secondary N) is 1. The number of thioether (sulfide) groups is 1. The molecule has 1 aromatic heterocycles. The molecule has 0 fully saturated rings. The van der Waals surface area contributed by atoms with Gasteiger partial charge in [-0.1, -0.05) is 17.7 Å². The molecule has 21 heavy (non-hydrogen) atoms. The molecule has 0 aliphatic carbocycles. The van der Waals surface area contributed by atoms with E-state index in [1.165, 1.54) is 10.6 Å². The Bertz CT molecular complexity index is 655. The van der Waals surface area contributed by atoms with E-state index >= 15 is 0 Å². The van der Waals surface area contributed by atoms with Crippen LogP contribution in [0.15, 0.2) is 58.4 Å². The van der Waals surface area contributed by atoms with Gasteiger partial charge in [-0.25, -0.2) is 0 Å². The van der Waals surface area contributed by atoms with E-state index in [1.54, 1.807) is 30.1 Å². The second-order valence-corrected chi connectivity index (χ2v) is 5.92.